The van der Waals surface area contributed by atoms with Gasteiger partial charge in [-0.3, -0.25) is 4.18 Å². The van der Waals surface area contributed by atoms with Gasteiger partial charge in [-0.05, 0) is 32.9 Å². The molecule has 1 aromatic rings. The van der Waals surface area contributed by atoms with Gasteiger partial charge in [0.05, 0.1) is 10.5 Å². The predicted octanol–water partition coefficient (Wildman–Crippen LogP) is 1.54. The number of benzene rings is 1. The third-order valence-corrected chi connectivity index (χ3v) is 2.96. The molecular weight excluding hydrogens is 223 g/mol. The number of hydrogen-bond donors (Lipinski definition) is 0. The first-order valence-electron chi connectivity index (χ1n) is 4.32. The third-order valence-electron chi connectivity index (χ3n) is 1.39. The standard InChI is InChI=1S/C10H14O3S.Na.H/c1-10(2,3)13-14(11,12)9-7-5-4-6-8-9;;/h4-8H,1-3H3;;. The van der Waals surface area contributed by atoms with E-state index in [9.17, 15) is 8.42 Å². The Kier molecular flexibility index (Phi) is 5.50. The van der Waals surface area contributed by atoms with Crippen molar-refractivity contribution in [2.75, 3.05) is 0 Å². The Morgan fingerprint density at radius 3 is 1.93 bits per heavy atom. The molecule has 0 aliphatic heterocycles. The first-order chi connectivity index (χ1) is 6.31. The van der Waals surface area contributed by atoms with Gasteiger partial charge in [0.2, 0.25) is 0 Å². The monoisotopic (exact) mass is 238 g/mol. The van der Waals surface area contributed by atoms with Crippen LogP contribution in [0.5, 0.6) is 0 Å². The van der Waals surface area contributed by atoms with Gasteiger partial charge in [-0.1, -0.05) is 18.2 Å². The van der Waals surface area contributed by atoms with Gasteiger partial charge < -0.3 is 0 Å². The van der Waals surface area contributed by atoms with E-state index in [0.717, 1.165) is 0 Å². The zero-order chi connectivity index (χ0) is 10.8. The van der Waals surface area contributed by atoms with Gasteiger partial charge in [0.15, 0.2) is 0 Å². The third kappa shape index (κ3) is 5.13. The summed E-state index contributed by atoms with van der Waals surface area (Å²) >= 11 is 0. The van der Waals surface area contributed by atoms with Gasteiger partial charge in [0.25, 0.3) is 10.1 Å². The van der Waals surface area contributed by atoms with Crippen molar-refractivity contribution < 1.29 is 12.6 Å². The molecule has 80 valence electrons. The Hall–Kier alpha value is 0.130. The van der Waals surface area contributed by atoms with E-state index in [-0.39, 0.29) is 34.5 Å². The zero-order valence-electron chi connectivity index (χ0n) is 8.52. The second-order valence-corrected chi connectivity index (χ2v) is 5.51. The molecule has 0 aliphatic carbocycles. The fraction of sp³-hybridized carbons (Fsp3) is 0.400. The van der Waals surface area contributed by atoms with Gasteiger partial charge >= 0.3 is 29.6 Å². The van der Waals surface area contributed by atoms with Crippen LogP contribution in [-0.2, 0) is 14.3 Å². The maximum atomic E-state index is 11.6. The Morgan fingerprint density at radius 2 is 1.53 bits per heavy atom. The van der Waals surface area contributed by atoms with Gasteiger partial charge in [-0.25, -0.2) is 0 Å². The Balaban J connectivity index is 0.00000196. The van der Waals surface area contributed by atoms with Crippen molar-refractivity contribution in [1.29, 1.82) is 0 Å². The molecule has 5 heteroatoms. The molecule has 0 atom stereocenters. The molecule has 0 N–H and O–H groups in total. The van der Waals surface area contributed by atoms with E-state index in [1.54, 1.807) is 39.0 Å². The Labute approximate surface area is 113 Å². The molecule has 0 aliphatic rings. The van der Waals surface area contributed by atoms with Gasteiger partial charge in [0.1, 0.15) is 0 Å². The second kappa shape index (κ2) is 5.46. The van der Waals surface area contributed by atoms with Crippen LogP contribution in [0.25, 0.3) is 0 Å². The summed E-state index contributed by atoms with van der Waals surface area (Å²) in [6, 6.07) is 8.12. The molecule has 0 amide bonds. The fourth-order valence-electron chi connectivity index (χ4n) is 0.964. The zero-order valence-corrected chi connectivity index (χ0v) is 9.34. The van der Waals surface area contributed by atoms with E-state index in [2.05, 4.69) is 0 Å². The SMILES string of the molecule is CC(C)(C)OS(=O)(=O)c1ccccc1.[NaH]. The first kappa shape index (κ1) is 15.1. The molecular formula is C10H15NaO3S. The van der Waals surface area contributed by atoms with Gasteiger partial charge in [-0.2, -0.15) is 8.42 Å². The summed E-state index contributed by atoms with van der Waals surface area (Å²) in [5.74, 6) is 0. The fourth-order valence-corrected chi connectivity index (χ4v) is 2.21. The van der Waals surface area contributed by atoms with E-state index in [1.807, 2.05) is 0 Å². The molecule has 0 aromatic heterocycles. The summed E-state index contributed by atoms with van der Waals surface area (Å²) in [5, 5.41) is 0. The van der Waals surface area contributed by atoms with Crippen LogP contribution >= 0.6 is 0 Å². The van der Waals surface area contributed by atoms with E-state index < -0.39 is 15.7 Å². The summed E-state index contributed by atoms with van der Waals surface area (Å²) in [6.45, 7) is 5.11. The van der Waals surface area contributed by atoms with E-state index in [4.69, 9.17) is 4.18 Å². The summed E-state index contributed by atoms with van der Waals surface area (Å²) < 4.78 is 28.2. The summed E-state index contributed by atoms with van der Waals surface area (Å²) in [5.41, 5.74) is -0.700. The minimum absolute atomic E-state index is 0. The molecule has 0 heterocycles. The topological polar surface area (TPSA) is 43.4 Å². The maximum absolute atomic E-state index is 11.6. The number of rotatable bonds is 2. The van der Waals surface area contributed by atoms with Crippen LogP contribution in [0, 0.1) is 0 Å². The molecule has 0 saturated carbocycles. The van der Waals surface area contributed by atoms with Crippen LogP contribution in [0.2, 0.25) is 0 Å². The van der Waals surface area contributed by atoms with Crippen LogP contribution < -0.4 is 0 Å². The van der Waals surface area contributed by atoms with Crippen LogP contribution in [0.3, 0.4) is 0 Å². The summed E-state index contributed by atoms with van der Waals surface area (Å²) in [6.07, 6.45) is 0. The first-order valence-corrected chi connectivity index (χ1v) is 5.73. The number of hydrogen-bond acceptors (Lipinski definition) is 3. The molecule has 0 unspecified atom stereocenters. The predicted molar refractivity (Wildman–Crippen MR) is 61.6 cm³/mol. The van der Waals surface area contributed by atoms with Crippen LogP contribution in [0.4, 0.5) is 0 Å². The molecule has 0 fully saturated rings. The van der Waals surface area contributed by atoms with Crippen LogP contribution in [-0.4, -0.2) is 43.6 Å². The summed E-state index contributed by atoms with van der Waals surface area (Å²) in [7, 11) is -3.62. The van der Waals surface area contributed by atoms with Crippen molar-refractivity contribution >= 4 is 39.7 Å². The van der Waals surface area contributed by atoms with Crippen molar-refractivity contribution in [3.05, 3.63) is 30.3 Å². The van der Waals surface area contributed by atoms with Crippen LogP contribution in [0.1, 0.15) is 20.8 Å². The van der Waals surface area contributed by atoms with E-state index >= 15 is 0 Å². The van der Waals surface area contributed by atoms with Crippen molar-refractivity contribution in [3.63, 3.8) is 0 Å². The molecule has 0 saturated heterocycles. The van der Waals surface area contributed by atoms with E-state index in [1.165, 1.54) is 12.1 Å². The van der Waals surface area contributed by atoms with Crippen molar-refractivity contribution in [1.82, 2.24) is 0 Å². The Bertz CT molecular complexity index is 392. The molecule has 1 aromatic carbocycles. The van der Waals surface area contributed by atoms with Gasteiger partial charge in [-0.15, -0.1) is 0 Å². The minimum atomic E-state index is -3.62. The summed E-state index contributed by atoms with van der Waals surface area (Å²) in [4.78, 5) is 0.190. The molecule has 15 heavy (non-hydrogen) atoms. The normalized spacial score (nSPS) is 11.9. The molecule has 1 rings (SSSR count). The molecule has 0 bridgehead atoms. The van der Waals surface area contributed by atoms with Gasteiger partial charge in [0, 0.05) is 0 Å². The molecule has 0 radical (unpaired) electrons. The average Bonchev–Trinajstić information content (AvgIpc) is 2.01. The Morgan fingerprint density at radius 1 is 1.07 bits per heavy atom. The second-order valence-electron chi connectivity index (χ2n) is 3.96. The molecule has 0 spiro atoms. The van der Waals surface area contributed by atoms with Crippen molar-refractivity contribution in [3.8, 4) is 0 Å². The van der Waals surface area contributed by atoms with Crippen molar-refractivity contribution in [2.45, 2.75) is 31.3 Å². The van der Waals surface area contributed by atoms with Crippen LogP contribution in [0.15, 0.2) is 35.2 Å². The molecule has 3 nitrogen and oxygen atoms in total. The van der Waals surface area contributed by atoms with Crippen molar-refractivity contribution in [2.24, 2.45) is 0 Å². The van der Waals surface area contributed by atoms with E-state index in [0.29, 0.717) is 0 Å². The quantitative estimate of drug-likeness (QED) is 0.580. The average molecular weight is 238 g/mol.